The number of amides is 1. The molecule has 0 aromatic heterocycles. The van der Waals surface area contributed by atoms with Gasteiger partial charge in [-0.1, -0.05) is 35.9 Å². The molecule has 0 saturated carbocycles. The van der Waals surface area contributed by atoms with Crippen LogP contribution in [0.2, 0.25) is 5.02 Å². The van der Waals surface area contributed by atoms with Gasteiger partial charge in [0.1, 0.15) is 11.4 Å². The Bertz CT molecular complexity index is 728. The molecule has 0 bridgehead atoms. The number of aryl methyl sites for hydroxylation is 1. The summed E-state index contributed by atoms with van der Waals surface area (Å²) in [6.07, 6.45) is -1.10. The summed E-state index contributed by atoms with van der Waals surface area (Å²) in [6, 6.07) is 11.0. The van der Waals surface area contributed by atoms with Crippen molar-refractivity contribution in [1.82, 2.24) is 0 Å². The SMILES string of the molecule is Cc1ccccc1NC(=O)[C@H](C)OC(=O)c1c(F)cccc1Cl. The van der Waals surface area contributed by atoms with Gasteiger partial charge in [0.05, 0.1) is 5.02 Å². The molecule has 1 amide bonds. The van der Waals surface area contributed by atoms with Crippen molar-refractivity contribution in [2.45, 2.75) is 20.0 Å². The number of carbonyl (C=O) groups excluding carboxylic acids is 2. The first-order chi connectivity index (χ1) is 10.9. The van der Waals surface area contributed by atoms with Crippen molar-refractivity contribution in [2.24, 2.45) is 0 Å². The summed E-state index contributed by atoms with van der Waals surface area (Å²) in [4.78, 5) is 24.1. The molecule has 1 N–H and O–H groups in total. The van der Waals surface area contributed by atoms with Gasteiger partial charge in [0.15, 0.2) is 6.10 Å². The fraction of sp³-hybridized carbons (Fsp3) is 0.176. The van der Waals surface area contributed by atoms with Crippen molar-refractivity contribution in [3.05, 3.63) is 64.4 Å². The first-order valence-corrected chi connectivity index (χ1v) is 7.29. The molecule has 4 nitrogen and oxygen atoms in total. The van der Waals surface area contributed by atoms with Gasteiger partial charge in [-0.3, -0.25) is 4.79 Å². The van der Waals surface area contributed by atoms with Gasteiger partial charge in [0.25, 0.3) is 5.91 Å². The van der Waals surface area contributed by atoms with Crippen LogP contribution >= 0.6 is 11.6 Å². The normalized spacial score (nSPS) is 11.7. The topological polar surface area (TPSA) is 55.4 Å². The number of hydrogen-bond acceptors (Lipinski definition) is 3. The minimum atomic E-state index is -1.10. The minimum absolute atomic E-state index is 0.0680. The molecular weight excluding hydrogens is 321 g/mol. The van der Waals surface area contributed by atoms with Crippen LogP contribution in [-0.4, -0.2) is 18.0 Å². The molecule has 0 aliphatic heterocycles. The largest absolute Gasteiger partial charge is 0.449 e. The van der Waals surface area contributed by atoms with E-state index < -0.39 is 23.8 Å². The standard InChI is InChI=1S/C17H15ClFNO3/c1-10-6-3-4-9-14(10)20-16(21)11(2)23-17(22)15-12(18)7-5-8-13(15)19/h3-9,11H,1-2H3,(H,20,21)/t11-/m0/s1. The van der Waals surface area contributed by atoms with E-state index >= 15 is 0 Å². The molecule has 0 spiro atoms. The molecule has 2 aromatic rings. The zero-order valence-electron chi connectivity index (χ0n) is 12.6. The highest BCUT2D eigenvalue weighted by Crippen LogP contribution is 2.21. The molecule has 2 rings (SSSR count). The molecule has 0 fully saturated rings. The third-order valence-corrected chi connectivity index (χ3v) is 3.54. The molecule has 0 saturated heterocycles. The molecule has 2 aromatic carbocycles. The van der Waals surface area contributed by atoms with E-state index in [0.717, 1.165) is 11.6 Å². The van der Waals surface area contributed by atoms with Gasteiger partial charge in [-0.2, -0.15) is 0 Å². The zero-order valence-corrected chi connectivity index (χ0v) is 13.4. The van der Waals surface area contributed by atoms with E-state index in [1.807, 2.05) is 19.1 Å². The molecule has 0 aliphatic carbocycles. The molecule has 6 heteroatoms. The summed E-state index contributed by atoms with van der Waals surface area (Å²) in [5.74, 6) is -2.30. The lowest BCUT2D eigenvalue weighted by atomic mass is 10.2. The van der Waals surface area contributed by atoms with E-state index in [1.165, 1.54) is 19.1 Å². The summed E-state index contributed by atoms with van der Waals surface area (Å²) in [5.41, 5.74) is 1.10. The van der Waals surface area contributed by atoms with Crippen molar-refractivity contribution in [2.75, 3.05) is 5.32 Å². The average molecular weight is 336 g/mol. The highest BCUT2D eigenvalue weighted by Gasteiger charge is 2.23. The fourth-order valence-corrected chi connectivity index (χ4v) is 2.15. The lowest BCUT2D eigenvalue weighted by molar-refractivity contribution is -0.123. The van der Waals surface area contributed by atoms with Crippen molar-refractivity contribution in [1.29, 1.82) is 0 Å². The first kappa shape index (κ1) is 17.0. The van der Waals surface area contributed by atoms with Gasteiger partial charge in [-0.15, -0.1) is 0 Å². The maximum Gasteiger partial charge on any atom is 0.343 e. The second-order valence-corrected chi connectivity index (χ2v) is 5.36. The number of anilines is 1. The Hall–Kier alpha value is -2.40. The summed E-state index contributed by atoms with van der Waals surface area (Å²) in [5, 5.41) is 2.59. The van der Waals surface area contributed by atoms with Gasteiger partial charge >= 0.3 is 5.97 Å². The third kappa shape index (κ3) is 4.07. The van der Waals surface area contributed by atoms with Crippen molar-refractivity contribution in [3.8, 4) is 0 Å². The molecule has 0 unspecified atom stereocenters. The second kappa shape index (κ2) is 7.24. The first-order valence-electron chi connectivity index (χ1n) is 6.91. The van der Waals surface area contributed by atoms with E-state index in [0.29, 0.717) is 5.69 Å². The number of ether oxygens (including phenoxy) is 1. The van der Waals surface area contributed by atoms with Crippen LogP contribution in [0.25, 0.3) is 0 Å². The van der Waals surface area contributed by atoms with Crippen LogP contribution in [0.15, 0.2) is 42.5 Å². The number of benzene rings is 2. The van der Waals surface area contributed by atoms with E-state index in [4.69, 9.17) is 16.3 Å². The lowest BCUT2D eigenvalue weighted by Gasteiger charge is -2.15. The van der Waals surface area contributed by atoms with E-state index in [9.17, 15) is 14.0 Å². The number of esters is 1. The maximum absolute atomic E-state index is 13.7. The van der Waals surface area contributed by atoms with Crippen LogP contribution < -0.4 is 5.32 Å². The molecule has 0 aliphatic rings. The molecule has 0 radical (unpaired) electrons. The minimum Gasteiger partial charge on any atom is -0.449 e. The van der Waals surface area contributed by atoms with Gasteiger partial charge in [0, 0.05) is 5.69 Å². The molecule has 1 atom stereocenters. The van der Waals surface area contributed by atoms with Crippen LogP contribution in [0, 0.1) is 12.7 Å². The van der Waals surface area contributed by atoms with Gasteiger partial charge in [-0.05, 0) is 37.6 Å². The summed E-state index contributed by atoms with van der Waals surface area (Å²) in [6.45, 7) is 3.24. The predicted molar refractivity (Wildman–Crippen MR) is 86.1 cm³/mol. The number of rotatable bonds is 4. The lowest BCUT2D eigenvalue weighted by Crippen LogP contribution is -2.30. The smallest absolute Gasteiger partial charge is 0.343 e. The summed E-state index contributed by atoms with van der Waals surface area (Å²) >= 11 is 5.80. The maximum atomic E-state index is 13.7. The Morgan fingerprint density at radius 1 is 1.17 bits per heavy atom. The Morgan fingerprint density at radius 3 is 2.52 bits per heavy atom. The van der Waals surface area contributed by atoms with Gasteiger partial charge in [-0.25, -0.2) is 9.18 Å². The van der Waals surface area contributed by atoms with E-state index in [1.54, 1.807) is 12.1 Å². The van der Waals surface area contributed by atoms with Gasteiger partial charge < -0.3 is 10.1 Å². The van der Waals surface area contributed by atoms with Crippen molar-refractivity contribution in [3.63, 3.8) is 0 Å². The summed E-state index contributed by atoms with van der Waals surface area (Å²) < 4.78 is 18.7. The second-order valence-electron chi connectivity index (χ2n) is 4.95. The third-order valence-electron chi connectivity index (χ3n) is 3.22. The molecular formula is C17H15ClFNO3. The zero-order chi connectivity index (χ0) is 17.0. The van der Waals surface area contributed by atoms with Crippen molar-refractivity contribution < 1.29 is 18.7 Å². The Morgan fingerprint density at radius 2 is 1.87 bits per heavy atom. The van der Waals surface area contributed by atoms with Crippen molar-refractivity contribution >= 4 is 29.2 Å². The van der Waals surface area contributed by atoms with E-state index in [-0.39, 0.29) is 10.6 Å². The highest BCUT2D eigenvalue weighted by atomic mass is 35.5. The molecule has 120 valence electrons. The quantitative estimate of drug-likeness (QED) is 0.860. The molecule has 23 heavy (non-hydrogen) atoms. The van der Waals surface area contributed by atoms with Gasteiger partial charge in [0.2, 0.25) is 0 Å². The summed E-state index contributed by atoms with van der Waals surface area (Å²) in [7, 11) is 0. The molecule has 0 heterocycles. The van der Waals surface area contributed by atoms with Crippen LogP contribution in [-0.2, 0) is 9.53 Å². The highest BCUT2D eigenvalue weighted by molar-refractivity contribution is 6.33. The number of carbonyl (C=O) groups is 2. The number of nitrogens with one attached hydrogen (secondary N) is 1. The number of hydrogen-bond donors (Lipinski definition) is 1. The predicted octanol–water partition coefficient (Wildman–Crippen LogP) is 3.97. The number of para-hydroxylation sites is 1. The van der Waals surface area contributed by atoms with Crippen LogP contribution in [0.1, 0.15) is 22.8 Å². The Balaban J connectivity index is 2.06. The Kier molecular flexibility index (Phi) is 5.34. The average Bonchev–Trinajstić information content (AvgIpc) is 2.49. The Labute approximate surface area is 138 Å². The monoisotopic (exact) mass is 335 g/mol. The van der Waals surface area contributed by atoms with Crippen LogP contribution in [0.3, 0.4) is 0 Å². The number of halogens is 2. The van der Waals surface area contributed by atoms with E-state index in [2.05, 4.69) is 5.32 Å². The van der Waals surface area contributed by atoms with Crippen LogP contribution in [0.4, 0.5) is 10.1 Å². The van der Waals surface area contributed by atoms with Crippen LogP contribution in [0.5, 0.6) is 0 Å². The fourth-order valence-electron chi connectivity index (χ4n) is 1.91.